The van der Waals surface area contributed by atoms with Crippen LogP contribution in [0.2, 0.25) is 0 Å². The van der Waals surface area contributed by atoms with Gasteiger partial charge in [-0.15, -0.1) is 0 Å². The third-order valence-corrected chi connectivity index (χ3v) is 3.99. The molecule has 0 atom stereocenters. The Labute approximate surface area is 152 Å². The van der Waals surface area contributed by atoms with Crippen LogP contribution in [0.25, 0.3) is 0 Å². The predicted molar refractivity (Wildman–Crippen MR) is 104 cm³/mol. The summed E-state index contributed by atoms with van der Waals surface area (Å²) in [6.45, 7) is 2.26. The molecule has 1 aliphatic rings. The molecule has 0 radical (unpaired) electrons. The lowest BCUT2D eigenvalue weighted by molar-refractivity contribution is -0.131. The Balaban J connectivity index is 1.99. The molecule has 0 unspecified atom stereocenters. The quantitative estimate of drug-likeness (QED) is 0.170. The smallest absolute Gasteiger partial charge is 0.328 e. The number of aliphatic carboxylic acids is 1. The molecular weight excluding hydrogens is 312 g/mol. The number of carboxylic acid groups (broad SMARTS) is 1. The molecule has 0 bridgehead atoms. The number of unbranched alkanes of at least 4 members (excludes halogenated alkanes) is 9. The number of carbonyl (C=O) groups is 1. The van der Waals surface area contributed by atoms with Crippen molar-refractivity contribution in [1.82, 2.24) is 0 Å². The predicted octanol–water partition coefficient (Wildman–Crippen LogP) is 6.46. The number of hydrogen-bond donors (Lipinski definition) is 1. The van der Waals surface area contributed by atoms with Gasteiger partial charge in [0.05, 0.1) is 0 Å². The Morgan fingerprint density at radius 1 is 0.840 bits per heavy atom. The molecule has 0 amide bonds. The third kappa shape index (κ3) is 13.0. The first-order valence-corrected chi connectivity index (χ1v) is 9.57. The van der Waals surface area contributed by atoms with Crippen molar-refractivity contribution in [3.05, 3.63) is 60.1 Å². The van der Waals surface area contributed by atoms with E-state index in [1.165, 1.54) is 63.9 Å². The second-order valence-corrected chi connectivity index (χ2v) is 6.29. The van der Waals surface area contributed by atoms with Crippen LogP contribution in [0.3, 0.4) is 0 Å². The van der Waals surface area contributed by atoms with Gasteiger partial charge in [-0.1, -0.05) is 88.7 Å². The van der Waals surface area contributed by atoms with Crippen molar-refractivity contribution in [3.63, 3.8) is 0 Å². The van der Waals surface area contributed by atoms with Gasteiger partial charge in [0.2, 0.25) is 0 Å². The SMILES string of the molecule is CCCCCCCCCCC/C=C/C=C1\O\C1=C/C=C/C=C/C(=O)O. The second kappa shape index (κ2) is 14.3. The molecule has 3 nitrogen and oxygen atoms in total. The van der Waals surface area contributed by atoms with Crippen molar-refractivity contribution in [3.8, 4) is 0 Å². The van der Waals surface area contributed by atoms with Gasteiger partial charge >= 0.3 is 5.97 Å². The molecule has 0 aromatic carbocycles. The first kappa shape index (κ1) is 21.0. The maximum absolute atomic E-state index is 10.3. The minimum absolute atomic E-state index is 0.840. The highest BCUT2D eigenvalue weighted by atomic mass is 16.6. The molecule has 1 aliphatic heterocycles. The van der Waals surface area contributed by atoms with E-state index in [4.69, 9.17) is 9.84 Å². The van der Waals surface area contributed by atoms with E-state index in [0.717, 1.165) is 24.0 Å². The summed E-state index contributed by atoms with van der Waals surface area (Å²) in [5.41, 5.74) is 0. The zero-order valence-electron chi connectivity index (χ0n) is 15.5. The summed E-state index contributed by atoms with van der Waals surface area (Å²) in [6.07, 6.45) is 27.4. The van der Waals surface area contributed by atoms with Crippen LogP contribution < -0.4 is 0 Å². The van der Waals surface area contributed by atoms with Gasteiger partial charge in [-0.25, -0.2) is 4.79 Å². The van der Waals surface area contributed by atoms with Gasteiger partial charge in [-0.05, 0) is 25.0 Å². The highest BCUT2D eigenvalue weighted by Gasteiger charge is 2.21. The van der Waals surface area contributed by atoms with Crippen LogP contribution in [0.1, 0.15) is 71.1 Å². The van der Waals surface area contributed by atoms with Crippen LogP contribution in [0.5, 0.6) is 0 Å². The summed E-state index contributed by atoms with van der Waals surface area (Å²) in [7, 11) is 0. The van der Waals surface area contributed by atoms with Gasteiger partial charge in [0.15, 0.2) is 11.5 Å². The average Bonchev–Trinajstić information content (AvgIpc) is 3.33. The van der Waals surface area contributed by atoms with E-state index in [1.54, 1.807) is 12.2 Å². The van der Waals surface area contributed by atoms with E-state index in [9.17, 15) is 4.79 Å². The average molecular weight is 344 g/mol. The van der Waals surface area contributed by atoms with E-state index >= 15 is 0 Å². The Kier molecular flexibility index (Phi) is 12.0. The standard InChI is InChI=1S/C22H32O3/c1-2-3-4-5-6-7-8-9-10-11-12-14-17-20-21(25-20)18-15-13-16-19-22(23)24/h12-19H,2-11H2,1H3,(H,23,24)/b14-12+,15-13+,19-16+,20-17-,21-18-. The lowest BCUT2D eigenvalue weighted by Gasteiger charge is -2.00. The number of rotatable bonds is 14. The van der Waals surface area contributed by atoms with Gasteiger partial charge in [-0.2, -0.15) is 0 Å². The summed E-state index contributed by atoms with van der Waals surface area (Å²) in [5, 5.41) is 8.44. The Morgan fingerprint density at radius 3 is 2.08 bits per heavy atom. The first-order valence-electron chi connectivity index (χ1n) is 9.57. The van der Waals surface area contributed by atoms with Crippen LogP contribution in [0.15, 0.2) is 60.1 Å². The van der Waals surface area contributed by atoms with Crippen LogP contribution in [0.4, 0.5) is 0 Å². The van der Waals surface area contributed by atoms with Gasteiger partial charge < -0.3 is 9.84 Å². The molecular formula is C22H32O3. The first-order chi connectivity index (χ1) is 12.2. The lowest BCUT2D eigenvalue weighted by Crippen LogP contribution is -1.84. The molecule has 138 valence electrons. The number of epoxide rings is 1. The highest BCUT2D eigenvalue weighted by molar-refractivity contribution is 5.80. The zero-order chi connectivity index (χ0) is 18.2. The largest absolute Gasteiger partial charge is 0.478 e. The van der Waals surface area contributed by atoms with Crippen LogP contribution in [-0.2, 0) is 9.53 Å². The van der Waals surface area contributed by atoms with E-state index in [0.29, 0.717) is 0 Å². The molecule has 1 saturated heterocycles. The minimum Gasteiger partial charge on any atom is -0.478 e. The molecule has 1 fully saturated rings. The van der Waals surface area contributed by atoms with E-state index in [2.05, 4.69) is 19.1 Å². The molecule has 0 spiro atoms. The van der Waals surface area contributed by atoms with Gasteiger partial charge in [-0.3, -0.25) is 0 Å². The molecule has 1 N–H and O–H groups in total. The number of ether oxygens (including phenoxy) is 1. The second-order valence-electron chi connectivity index (χ2n) is 6.29. The Morgan fingerprint density at radius 2 is 1.44 bits per heavy atom. The third-order valence-electron chi connectivity index (χ3n) is 3.99. The van der Waals surface area contributed by atoms with Crippen molar-refractivity contribution < 1.29 is 14.6 Å². The van der Waals surface area contributed by atoms with Gasteiger partial charge in [0.1, 0.15) is 0 Å². The zero-order valence-corrected chi connectivity index (χ0v) is 15.5. The topological polar surface area (TPSA) is 49.8 Å². The number of hydrogen-bond acceptors (Lipinski definition) is 2. The summed E-state index contributed by atoms with van der Waals surface area (Å²) in [6, 6.07) is 0. The monoisotopic (exact) mass is 344 g/mol. The maximum Gasteiger partial charge on any atom is 0.328 e. The number of allylic oxidation sites excluding steroid dienone is 7. The Bertz CT molecular complexity index is 521. The summed E-state index contributed by atoms with van der Waals surface area (Å²) < 4.78 is 5.32. The highest BCUT2D eigenvalue weighted by Crippen LogP contribution is 2.31. The maximum atomic E-state index is 10.3. The summed E-state index contributed by atoms with van der Waals surface area (Å²) in [5.74, 6) is 0.778. The van der Waals surface area contributed by atoms with Crippen LogP contribution >= 0.6 is 0 Å². The van der Waals surface area contributed by atoms with E-state index in [1.807, 2.05) is 12.2 Å². The molecule has 1 heterocycles. The molecule has 1 rings (SSSR count). The van der Waals surface area contributed by atoms with Crippen molar-refractivity contribution in [2.24, 2.45) is 0 Å². The van der Waals surface area contributed by atoms with Crippen molar-refractivity contribution in [1.29, 1.82) is 0 Å². The van der Waals surface area contributed by atoms with Crippen molar-refractivity contribution >= 4 is 5.97 Å². The van der Waals surface area contributed by atoms with E-state index < -0.39 is 5.97 Å². The Hall–Kier alpha value is -2.03. The van der Waals surface area contributed by atoms with Crippen molar-refractivity contribution in [2.45, 2.75) is 71.1 Å². The molecule has 25 heavy (non-hydrogen) atoms. The minimum atomic E-state index is -0.947. The fraction of sp³-hybridized carbons (Fsp3) is 0.500. The van der Waals surface area contributed by atoms with Crippen molar-refractivity contribution in [2.75, 3.05) is 0 Å². The van der Waals surface area contributed by atoms with Gasteiger partial charge in [0.25, 0.3) is 0 Å². The summed E-state index contributed by atoms with van der Waals surface area (Å²) >= 11 is 0. The number of carboxylic acids is 1. The molecule has 0 saturated carbocycles. The van der Waals surface area contributed by atoms with Gasteiger partial charge in [0, 0.05) is 6.08 Å². The lowest BCUT2D eigenvalue weighted by atomic mass is 10.1. The molecule has 0 aromatic rings. The molecule has 3 heteroatoms. The fourth-order valence-corrected chi connectivity index (χ4v) is 2.49. The van der Waals surface area contributed by atoms with E-state index in [-0.39, 0.29) is 0 Å². The molecule has 0 aliphatic carbocycles. The van der Waals surface area contributed by atoms with Crippen LogP contribution in [0, 0.1) is 0 Å². The van der Waals surface area contributed by atoms with Crippen LogP contribution in [-0.4, -0.2) is 11.1 Å². The fourth-order valence-electron chi connectivity index (χ4n) is 2.49. The summed E-state index contributed by atoms with van der Waals surface area (Å²) in [4.78, 5) is 10.3. The normalized spacial score (nSPS) is 17.3. The molecule has 0 aromatic heterocycles.